The minimum absolute atomic E-state index is 0.778. The fourth-order valence-corrected chi connectivity index (χ4v) is 29.4. The van der Waals surface area contributed by atoms with Gasteiger partial charge in [-0.25, -0.2) is 0 Å². The Kier molecular flexibility index (Phi) is 23.7. The van der Waals surface area contributed by atoms with E-state index in [4.69, 9.17) is 14.6 Å². The molecule has 5 nitrogen and oxygen atoms in total. The van der Waals surface area contributed by atoms with Crippen molar-refractivity contribution in [1.29, 1.82) is 0 Å². The molecule has 0 aromatic heterocycles. The van der Waals surface area contributed by atoms with E-state index in [-0.39, 0.29) is 0 Å². The summed E-state index contributed by atoms with van der Waals surface area (Å²) in [6, 6.07) is 3.88. The standard InChI is InChI=1S/C12H33NSi3.C11H32NOPSi3.C5H16NOPSi/c1-14(2,3)12-10-11-13(15(4,5)6)16(7,8)9;1-13-17(8,14)11-9-10-12(15(2,3)4)16(5,6)7;1-7-9(2,8)5-3-4-6/h10-12H2,1-9H3;9-11,14H2,1-8H3;3-6,8H2,1-2H3. The van der Waals surface area contributed by atoms with Gasteiger partial charge in [-0.05, 0) is 64.1 Å². The quantitative estimate of drug-likeness (QED) is 0.119. The predicted octanol–water partition coefficient (Wildman–Crippen LogP) is 9.56. The van der Waals surface area contributed by atoms with Crippen molar-refractivity contribution in [3.05, 3.63) is 0 Å². The van der Waals surface area contributed by atoms with Crippen LogP contribution in [0.15, 0.2) is 0 Å². The van der Waals surface area contributed by atoms with Crippen molar-refractivity contribution in [1.82, 2.24) is 8.46 Å². The molecule has 42 heavy (non-hydrogen) atoms. The Morgan fingerprint density at radius 2 is 0.738 bits per heavy atom. The summed E-state index contributed by atoms with van der Waals surface area (Å²) in [7, 11) is 1.20. The highest BCUT2D eigenvalue weighted by atomic mass is 31.3. The molecule has 4 atom stereocenters. The molecule has 0 saturated carbocycles. The molecule has 14 heteroatoms. The lowest BCUT2D eigenvalue weighted by atomic mass is 10.5. The highest BCUT2D eigenvalue weighted by Gasteiger charge is 2.35. The third kappa shape index (κ3) is 27.3. The largest absolute Gasteiger partial charge is 0.417 e. The van der Waals surface area contributed by atoms with Gasteiger partial charge in [0.15, 0.2) is 0 Å². The van der Waals surface area contributed by atoms with E-state index in [9.17, 15) is 0 Å². The van der Waals surface area contributed by atoms with E-state index in [0.29, 0.717) is 0 Å². The summed E-state index contributed by atoms with van der Waals surface area (Å²) in [5.41, 5.74) is 5.35. The molecule has 2 N–H and O–H groups in total. The molecule has 0 aromatic rings. The van der Waals surface area contributed by atoms with Crippen LogP contribution in [-0.2, 0) is 8.85 Å². The molecule has 0 rings (SSSR count). The number of hydrogen-bond donors (Lipinski definition) is 1. The molecule has 0 aromatic carbocycles. The van der Waals surface area contributed by atoms with Crippen molar-refractivity contribution >= 4 is 74.6 Å². The second kappa shape index (κ2) is 20.5. The third-order valence-electron chi connectivity index (χ3n) is 7.41. The Hall–Kier alpha value is 2.18. The summed E-state index contributed by atoms with van der Waals surface area (Å²) in [6.45, 7) is 45.1. The van der Waals surface area contributed by atoms with Gasteiger partial charge in [0, 0.05) is 22.3 Å². The lowest BCUT2D eigenvalue weighted by Gasteiger charge is -2.44. The van der Waals surface area contributed by atoms with Gasteiger partial charge in [0.2, 0.25) is 16.0 Å². The third-order valence-corrected chi connectivity index (χ3v) is 32.4. The highest BCUT2D eigenvalue weighted by Crippen LogP contribution is 2.25. The molecule has 258 valence electrons. The van der Waals surface area contributed by atoms with Crippen LogP contribution in [0.1, 0.15) is 19.3 Å². The van der Waals surface area contributed by atoms with Gasteiger partial charge in [0.05, 0.1) is 0 Å². The lowest BCUT2D eigenvalue weighted by molar-refractivity contribution is 0.413. The smallest absolute Gasteiger partial charge is 0.208 e. The second-order valence-electron chi connectivity index (χ2n) is 17.7. The van der Waals surface area contributed by atoms with E-state index in [2.05, 4.69) is 137 Å². The van der Waals surface area contributed by atoms with Gasteiger partial charge in [-0.3, -0.25) is 0 Å². The molecule has 0 aliphatic rings. The van der Waals surface area contributed by atoms with Gasteiger partial charge in [-0.1, -0.05) is 104 Å². The van der Waals surface area contributed by atoms with Gasteiger partial charge in [-0.15, -0.1) is 17.6 Å². The zero-order valence-electron chi connectivity index (χ0n) is 32.3. The van der Waals surface area contributed by atoms with Gasteiger partial charge in [0.1, 0.15) is 32.9 Å². The van der Waals surface area contributed by atoms with Crippen LogP contribution < -0.4 is 5.73 Å². The van der Waals surface area contributed by atoms with Crippen LogP contribution in [0.2, 0.25) is 129 Å². The van der Waals surface area contributed by atoms with Crippen LogP contribution in [0.4, 0.5) is 0 Å². The molecule has 0 aliphatic carbocycles. The minimum Gasteiger partial charge on any atom is -0.417 e. The Morgan fingerprint density at radius 1 is 0.476 bits per heavy atom. The maximum atomic E-state index is 5.60. The number of nitrogens with two attached hydrogens (primary N) is 1. The summed E-state index contributed by atoms with van der Waals surface area (Å²) >= 11 is 0. The molecule has 0 aliphatic heterocycles. The van der Waals surface area contributed by atoms with E-state index in [0.717, 1.165) is 19.0 Å². The number of rotatable bonds is 17. The van der Waals surface area contributed by atoms with E-state index < -0.39 is 57.0 Å². The maximum absolute atomic E-state index is 5.60. The first-order chi connectivity index (χ1) is 18.4. The van der Waals surface area contributed by atoms with Crippen molar-refractivity contribution in [3.8, 4) is 0 Å². The van der Waals surface area contributed by atoms with Crippen molar-refractivity contribution in [2.45, 2.75) is 149 Å². The lowest BCUT2D eigenvalue weighted by Crippen LogP contribution is -2.59. The van der Waals surface area contributed by atoms with Gasteiger partial charge < -0.3 is 23.0 Å². The summed E-state index contributed by atoms with van der Waals surface area (Å²) in [4.78, 5) is 0. The van der Waals surface area contributed by atoms with Crippen LogP contribution in [0, 0.1) is 0 Å². The fourth-order valence-electron chi connectivity index (χ4n) is 5.37. The first-order valence-corrected chi connectivity index (χ1v) is 42.6. The SMILES string of the molecule is CO[Si](C)(P)CCCN.CO[Si](C)(P)CCCN([Si](C)(C)C)[Si](C)(C)C.C[Si](C)(C)CCCN([Si](C)(C)C)[Si](C)(C)C. The average Bonchev–Trinajstić information content (AvgIpc) is 2.75. The molecule has 0 bridgehead atoms. The Balaban J connectivity index is -0.000000569. The van der Waals surface area contributed by atoms with Gasteiger partial charge in [-0.2, -0.15) is 0 Å². The molecular formula is C28H81N3O2P2Si7. The van der Waals surface area contributed by atoms with Crippen LogP contribution in [0.3, 0.4) is 0 Å². The zero-order valence-corrected chi connectivity index (χ0v) is 41.6. The topological polar surface area (TPSA) is 51.0 Å². The van der Waals surface area contributed by atoms with Gasteiger partial charge >= 0.3 is 0 Å². The molecule has 4 unspecified atom stereocenters. The van der Waals surface area contributed by atoms with Crippen LogP contribution in [0.25, 0.3) is 0 Å². The summed E-state index contributed by atoms with van der Waals surface area (Å²) in [6.07, 6.45) is 3.79. The maximum Gasteiger partial charge on any atom is 0.208 e. The molecule has 0 fully saturated rings. The van der Waals surface area contributed by atoms with Crippen LogP contribution >= 0.6 is 17.6 Å². The van der Waals surface area contributed by atoms with Crippen molar-refractivity contribution in [2.24, 2.45) is 5.73 Å². The monoisotopic (exact) mass is 749 g/mol. The number of nitrogens with zero attached hydrogens (tertiary/aromatic N) is 2. The average molecular weight is 751 g/mol. The highest BCUT2D eigenvalue weighted by molar-refractivity contribution is 7.67. The molecule has 0 spiro atoms. The molecule has 0 heterocycles. The van der Waals surface area contributed by atoms with E-state index >= 15 is 0 Å². The van der Waals surface area contributed by atoms with Crippen LogP contribution in [0.5, 0.6) is 0 Å². The van der Waals surface area contributed by atoms with Crippen molar-refractivity contribution < 1.29 is 8.85 Å². The first kappa shape index (κ1) is 48.6. The Labute approximate surface area is 278 Å². The van der Waals surface area contributed by atoms with E-state index in [1.165, 1.54) is 38.0 Å². The van der Waals surface area contributed by atoms with E-state index in [1.54, 1.807) is 7.11 Å². The fraction of sp³-hybridized carbons (Fsp3) is 1.00. The normalized spacial score (nSPS) is 16.3. The molecule has 0 amide bonds. The first-order valence-electron chi connectivity index (χ1n) is 16.3. The molecule has 0 radical (unpaired) electrons. The summed E-state index contributed by atoms with van der Waals surface area (Å²) < 4.78 is 16.7. The van der Waals surface area contributed by atoms with Crippen LogP contribution in [-0.4, -0.2) is 99.3 Å². The van der Waals surface area contributed by atoms with E-state index in [1.807, 2.05) is 7.11 Å². The zero-order chi connectivity index (χ0) is 34.4. The summed E-state index contributed by atoms with van der Waals surface area (Å²) in [5.74, 6) is 0. The number of hydrogen-bond acceptors (Lipinski definition) is 5. The Morgan fingerprint density at radius 3 is 0.952 bits per heavy atom. The molecular weight excluding hydrogens is 669 g/mol. The second-order valence-corrected chi connectivity index (χ2v) is 58.1. The minimum atomic E-state index is -1.44. The predicted molar refractivity (Wildman–Crippen MR) is 224 cm³/mol. The summed E-state index contributed by atoms with van der Waals surface area (Å²) in [5, 5.41) is 0. The molecule has 0 saturated heterocycles. The van der Waals surface area contributed by atoms with Crippen molar-refractivity contribution in [3.63, 3.8) is 0 Å². The van der Waals surface area contributed by atoms with Crippen molar-refractivity contribution in [2.75, 3.05) is 33.9 Å². The van der Waals surface area contributed by atoms with Gasteiger partial charge in [0.25, 0.3) is 0 Å². The Bertz CT molecular complexity index is 674.